The Morgan fingerprint density at radius 3 is 2.15 bits per heavy atom. The van der Waals surface area contributed by atoms with Crippen molar-refractivity contribution in [3.05, 3.63) is 65.5 Å². The van der Waals surface area contributed by atoms with Crippen LogP contribution >= 0.6 is 0 Å². The van der Waals surface area contributed by atoms with Gasteiger partial charge in [-0.3, -0.25) is 9.59 Å². The van der Waals surface area contributed by atoms with E-state index in [4.69, 9.17) is 4.74 Å². The summed E-state index contributed by atoms with van der Waals surface area (Å²) in [6.45, 7) is 2.88. The van der Waals surface area contributed by atoms with Crippen molar-refractivity contribution in [3.8, 4) is 11.4 Å². The van der Waals surface area contributed by atoms with Gasteiger partial charge in [0.25, 0.3) is 5.91 Å². The number of carbonyl (C=O) groups excluding carboxylic acids is 2. The Morgan fingerprint density at radius 1 is 0.882 bits per heavy atom. The number of rotatable bonds is 5. The molecule has 2 aliphatic heterocycles. The van der Waals surface area contributed by atoms with Gasteiger partial charge in [-0.2, -0.15) is 5.10 Å². The molecule has 176 valence electrons. The fourth-order valence-corrected chi connectivity index (χ4v) is 4.77. The Hall–Kier alpha value is -3.65. The molecule has 0 bridgehead atoms. The van der Waals surface area contributed by atoms with Gasteiger partial charge in [0.05, 0.1) is 24.6 Å². The third-order valence-corrected chi connectivity index (χ3v) is 6.56. The topological polar surface area (TPSA) is 87.9 Å². The van der Waals surface area contributed by atoms with Gasteiger partial charge in [-0.05, 0) is 74.7 Å². The maximum atomic E-state index is 13.7. The molecule has 3 heterocycles. The minimum absolute atomic E-state index is 0.145. The third-order valence-electron chi connectivity index (χ3n) is 6.56. The Labute approximate surface area is 198 Å². The van der Waals surface area contributed by atoms with E-state index in [0.717, 1.165) is 42.0 Å². The number of benzene rings is 2. The Bertz CT molecular complexity index is 1210. The van der Waals surface area contributed by atoms with E-state index in [1.165, 1.54) is 0 Å². The highest BCUT2D eigenvalue weighted by atomic mass is 16.5. The number of hydrogen-bond acceptors (Lipinski definition) is 5. The molecule has 0 spiro atoms. The van der Waals surface area contributed by atoms with Crippen LogP contribution in [-0.4, -0.2) is 46.9 Å². The van der Waals surface area contributed by atoms with E-state index >= 15 is 0 Å². The van der Waals surface area contributed by atoms with Crippen LogP contribution in [0.4, 0.5) is 11.4 Å². The molecule has 3 aromatic rings. The number of hydrogen-bond donors (Lipinski definition) is 1. The molecule has 1 saturated heterocycles. The summed E-state index contributed by atoms with van der Waals surface area (Å²) in [6.07, 6.45) is 2.32. The number of ether oxygens (including phenoxy) is 1. The van der Waals surface area contributed by atoms with E-state index in [-0.39, 0.29) is 11.8 Å². The molecule has 2 aliphatic rings. The standard InChI is InChI=1S/C26H28N4O4/c1-17(31)24-22-14-16-29(19-8-6-18(7-9-19)28-15-4-3-5-23(28)32)26(33)25(22)30(27-24)20-10-12-21(34-2)13-11-20/h6-13,17,31H,3-5,14-16H2,1-2H3. The van der Waals surface area contributed by atoms with E-state index < -0.39 is 6.10 Å². The fourth-order valence-electron chi connectivity index (χ4n) is 4.77. The molecule has 5 rings (SSSR count). The monoisotopic (exact) mass is 460 g/mol. The van der Waals surface area contributed by atoms with Gasteiger partial charge in [0.1, 0.15) is 11.4 Å². The lowest BCUT2D eigenvalue weighted by molar-refractivity contribution is -0.119. The van der Waals surface area contributed by atoms with Crippen molar-refractivity contribution < 1.29 is 19.4 Å². The van der Waals surface area contributed by atoms with Crippen LogP contribution in [0, 0.1) is 0 Å². The molecule has 1 atom stereocenters. The smallest absolute Gasteiger partial charge is 0.277 e. The Kier molecular flexibility index (Phi) is 5.83. The van der Waals surface area contributed by atoms with Crippen LogP contribution in [0.1, 0.15) is 54.0 Å². The molecule has 2 amide bonds. The molecule has 1 aromatic heterocycles. The second-order valence-electron chi connectivity index (χ2n) is 8.72. The second kappa shape index (κ2) is 8.95. The van der Waals surface area contributed by atoms with Crippen LogP contribution < -0.4 is 14.5 Å². The van der Waals surface area contributed by atoms with Gasteiger partial charge in [0.15, 0.2) is 0 Å². The zero-order chi connectivity index (χ0) is 23.8. The highest BCUT2D eigenvalue weighted by Crippen LogP contribution is 2.32. The summed E-state index contributed by atoms with van der Waals surface area (Å²) in [4.78, 5) is 29.5. The molecular weight excluding hydrogens is 432 g/mol. The van der Waals surface area contributed by atoms with E-state index in [0.29, 0.717) is 36.5 Å². The van der Waals surface area contributed by atoms with Gasteiger partial charge in [-0.15, -0.1) is 0 Å². The van der Waals surface area contributed by atoms with Crippen molar-refractivity contribution in [2.75, 3.05) is 30.0 Å². The van der Waals surface area contributed by atoms with Crippen molar-refractivity contribution in [3.63, 3.8) is 0 Å². The van der Waals surface area contributed by atoms with Crippen molar-refractivity contribution in [1.82, 2.24) is 9.78 Å². The summed E-state index contributed by atoms with van der Waals surface area (Å²) in [5.74, 6) is 0.686. The van der Waals surface area contributed by atoms with Gasteiger partial charge < -0.3 is 19.6 Å². The molecule has 1 N–H and O–H groups in total. The quantitative estimate of drug-likeness (QED) is 0.628. The number of methoxy groups -OCH3 is 1. The zero-order valence-electron chi connectivity index (χ0n) is 19.4. The van der Waals surface area contributed by atoms with E-state index in [1.807, 2.05) is 53.4 Å². The number of aliphatic hydroxyl groups is 1. The van der Waals surface area contributed by atoms with Gasteiger partial charge in [0, 0.05) is 36.4 Å². The number of anilines is 2. The number of fused-ring (bicyclic) bond motifs is 1. The summed E-state index contributed by atoms with van der Waals surface area (Å²) in [7, 11) is 1.60. The van der Waals surface area contributed by atoms with Crippen LogP contribution in [0.3, 0.4) is 0 Å². The summed E-state index contributed by atoms with van der Waals surface area (Å²) in [6, 6.07) is 14.9. The molecule has 2 aromatic carbocycles. The minimum atomic E-state index is -0.783. The lowest BCUT2D eigenvalue weighted by Gasteiger charge is -2.30. The number of carbonyl (C=O) groups is 2. The largest absolute Gasteiger partial charge is 0.497 e. The first-order valence-corrected chi connectivity index (χ1v) is 11.6. The molecule has 8 nitrogen and oxygen atoms in total. The van der Waals surface area contributed by atoms with Crippen LogP contribution in [0.15, 0.2) is 48.5 Å². The third kappa shape index (κ3) is 3.84. The molecule has 8 heteroatoms. The number of nitrogens with zero attached hydrogens (tertiary/aromatic N) is 4. The van der Waals surface area contributed by atoms with Gasteiger partial charge in [0.2, 0.25) is 5.91 Å². The van der Waals surface area contributed by atoms with Crippen molar-refractivity contribution in [2.24, 2.45) is 0 Å². The maximum absolute atomic E-state index is 13.7. The molecular formula is C26H28N4O4. The first-order valence-electron chi connectivity index (χ1n) is 11.6. The Morgan fingerprint density at radius 2 is 1.53 bits per heavy atom. The summed E-state index contributed by atoms with van der Waals surface area (Å²) < 4.78 is 6.86. The van der Waals surface area contributed by atoms with E-state index in [2.05, 4.69) is 5.10 Å². The number of amides is 2. The lowest BCUT2D eigenvalue weighted by Crippen LogP contribution is -2.39. The highest BCUT2D eigenvalue weighted by Gasteiger charge is 2.34. The summed E-state index contributed by atoms with van der Waals surface area (Å²) in [5, 5.41) is 14.9. The van der Waals surface area contributed by atoms with Crippen molar-refractivity contribution in [2.45, 2.75) is 38.7 Å². The maximum Gasteiger partial charge on any atom is 0.277 e. The predicted molar refractivity (Wildman–Crippen MR) is 129 cm³/mol. The number of aromatic nitrogens is 2. The molecule has 34 heavy (non-hydrogen) atoms. The molecule has 0 saturated carbocycles. The average Bonchev–Trinajstić information content (AvgIpc) is 3.26. The van der Waals surface area contributed by atoms with Gasteiger partial charge in [-0.25, -0.2) is 4.68 Å². The average molecular weight is 461 g/mol. The predicted octanol–water partition coefficient (Wildman–Crippen LogP) is 3.65. The molecule has 0 radical (unpaired) electrons. The van der Waals surface area contributed by atoms with E-state index in [1.54, 1.807) is 23.6 Å². The molecule has 1 fully saturated rings. The van der Waals surface area contributed by atoms with Crippen molar-refractivity contribution in [1.29, 1.82) is 0 Å². The van der Waals surface area contributed by atoms with E-state index in [9.17, 15) is 14.7 Å². The first kappa shape index (κ1) is 22.2. The number of piperidine rings is 1. The molecule has 1 unspecified atom stereocenters. The van der Waals surface area contributed by atoms with Crippen molar-refractivity contribution >= 4 is 23.2 Å². The molecule has 0 aliphatic carbocycles. The summed E-state index contributed by atoms with van der Waals surface area (Å²) in [5.41, 5.74) is 4.12. The second-order valence-corrected chi connectivity index (χ2v) is 8.72. The first-order chi connectivity index (χ1) is 16.5. The summed E-state index contributed by atoms with van der Waals surface area (Å²) >= 11 is 0. The SMILES string of the molecule is COc1ccc(-n2nc(C(C)O)c3c2C(=O)N(c2ccc(N4CCCCC4=O)cc2)CC3)cc1. The van der Waals surface area contributed by atoms with Crippen LogP contribution in [0.25, 0.3) is 5.69 Å². The lowest BCUT2D eigenvalue weighted by atomic mass is 10.0. The fraction of sp³-hybridized carbons (Fsp3) is 0.346. The minimum Gasteiger partial charge on any atom is -0.497 e. The Balaban J connectivity index is 1.48. The van der Waals surface area contributed by atoms with Crippen LogP contribution in [-0.2, 0) is 11.2 Å². The van der Waals surface area contributed by atoms with Gasteiger partial charge in [-0.1, -0.05) is 0 Å². The number of aliphatic hydroxyl groups excluding tert-OH is 1. The van der Waals surface area contributed by atoms with Gasteiger partial charge >= 0.3 is 0 Å². The normalized spacial score (nSPS) is 17.0. The van der Waals surface area contributed by atoms with Crippen LogP contribution in [0.5, 0.6) is 5.75 Å². The van der Waals surface area contributed by atoms with Crippen LogP contribution in [0.2, 0.25) is 0 Å². The zero-order valence-corrected chi connectivity index (χ0v) is 19.4. The highest BCUT2D eigenvalue weighted by molar-refractivity contribution is 6.07.